The lowest BCUT2D eigenvalue weighted by Gasteiger charge is -2.04. The number of hydrogen-bond donors (Lipinski definition) is 1. The fourth-order valence-corrected chi connectivity index (χ4v) is 2.56. The number of rotatable bonds is 4. The smallest absolute Gasteiger partial charge is 0.411 e. The van der Waals surface area contributed by atoms with Gasteiger partial charge in [-0.3, -0.25) is 4.68 Å². The maximum atomic E-state index is 12.6. The molecule has 0 fully saturated rings. The first-order chi connectivity index (χ1) is 9.91. The minimum atomic E-state index is -4.52. The van der Waals surface area contributed by atoms with Crippen molar-refractivity contribution in [3.05, 3.63) is 47.8 Å². The summed E-state index contributed by atoms with van der Waals surface area (Å²) >= 11 is 1.36. The maximum Gasteiger partial charge on any atom is 0.435 e. The van der Waals surface area contributed by atoms with Crippen molar-refractivity contribution >= 4 is 17.5 Å². The van der Waals surface area contributed by atoms with E-state index < -0.39 is 11.9 Å². The summed E-state index contributed by atoms with van der Waals surface area (Å²) in [5, 5.41) is 15.5. The van der Waals surface area contributed by atoms with E-state index in [0.29, 0.717) is 0 Å². The second-order valence-electron chi connectivity index (χ2n) is 4.18. The van der Waals surface area contributed by atoms with Gasteiger partial charge in [-0.2, -0.15) is 18.3 Å². The average molecular weight is 315 g/mol. The van der Waals surface area contributed by atoms with E-state index in [4.69, 9.17) is 5.21 Å². The fourth-order valence-electron chi connectivity index (χ4n) is 1.70. The van der Waals surface area contributed by atoms with Crippen molar-refractivity contribution < 1.29 is 18.4 Å². The first kappa shape index (κ1) is 15.4. The van der Waals surface area contributed by atoms with Gasteiger partial charge in [0.15, 0.2) is 5.69 Å². The molecular formula is C13H12F3N3OS. The van der Waals surface area contributed by atoms with Gasteiger partial charge in [0.25, 0.3) is 0 Å². The molecule has 0 radical (unpaired) electrons. The van der Waals surface area contributed by atoms with E-state index in [2.05, 4.69) is 10.3 Å². The van der Waals surface area contributed by atoms with Gasteiger partial charge < -0.3 is 5.21 Å². The molecule has 1 N–H and O–H groups in total. The molecular weight excluding hydrogens is 303 g/mol. The fraction of sp³-hybridized carbons (Fsp3) is 0.231. The van der Waals surface area contributed by atoms with Crippen LogP contribution in [0.25, 0.3) is 0 Å². The third kappa shape index (κ3) is 3.78. The second kappa shape index (κ2) is 6.21. The first-order valence-corrected chi connectivity index (χ1v) is 6.90. The molecule has 8 heteroatoms. The third-order valence-corrected chi connectivity index (χ3v) is 3.73. The zero-order chi connectivity index (χ0) is 15.5. The Morgan fingerprint density at radius 2 is 2.00 bits per heavy atom. The number of hydrogen-bond acceptors (Lipinski definition) is 4. The summed E-state index contributed by atoms with van der Waals surface area (Å²) < 4.78 is 38.9. The summed E-state index contributed by atoms with van der Waals surface area (Å²) in [5.74, 6) is 0.233. The topological polar surface area (TPSA) is 50.4 Å². The van der Waals surface area contributed by atoms with E-state index in [-0.39, 0.29) is 17.2 Å². The van der Waals surface area contributed by atoms with Crippen LogP contribution in [0.5, 0.6) is 0 Å². The number of nitrogens with zero attached hydrogens (tertiary/aromatic N) is 3. The van der Waals surface area contributed by atoms with Gasteiger partial charge in [0, 0.05) is 17.7 Å². The molecule has 0 aliphatic rings. The normalized spacial score (nSPS) is 12.7. The van der Waals surface area contributed by atoms with Crippen LogP contribution in [0.4, 0.5) is 13.2 Å². The van der Waals surface area contributed by atoms with Crippen molar-refractivity contribution in [3.63, 3.8) is 0 Å². The van der Waals surface area contributed by atoms with Crippen molar-refractivity contribution in [2.45, 2.75) is 11.1 Å². The molecule has 112 valence electrons. The molecule has 4 nitrogen and oxygen atoms in total. The van der Waals surface area contributed by atoms with E-state index >= 15 is 0 Å². The van der Waals surface area contributed by atoms with Crippen LogP contribution in [0.1, 0.15) is 11.4 Å². The highest BCUT2D eigenvalue weighted by Crippen LogP contribution is 2.29. The van der Waals surface area contributed by atoms with Crippen molar-refractivity contribution in [2.75, 3.05) is 5.75 Å². The van der Waals surface area contributed by atoms with Crippen molar-refractivity contribution in [2.24, 2.45) is 12.2 Å². The van der Waals surface area contributed by atoms with Crippen molar-refractivity contribution in [1.82, 2.24) is 9.78 Å². The summed E-state index contributed by atoms with van der Waals surface area (Å²) in [6.07, 6.45) is -4.52. The molecule has 0 spiro atoms. The molecule has 0 bridgehead atoms. The molecule has 2 rings (SSSR count). The summed E-state index contributed by atoms with van der Waals surface area (Å²) in [4.78, 5) is 0.928. The molecule has 2 aromatic rings. The number of alkyl halides is 3. The highest BCUT2D eigenvalue weighted by molar-refractivity contribution is 8.00. The van der Waals surface area contributed by atoms with Crippen LogP contribution < -0.4 is 0 Å². The molecule has 1 aromatic carbocycles. The second-order valence-corrected chi connectivity index (χ2v) is 5.23. The van der Waals surface area contributed by atoms with Gasteiger partial charge in [-0.25, -0.2) is 0 Å². The highest BCUT2D eigenvalue weighted by Gasteiger charge is 2.35. The van der Waals surface area contributed by atoms with E-state index in [1.54, 1.807) is 0 Å². The Morgan fingerprint density at radius 3 is 2.52 bits per heavy atom. The lowest BCUT2D eigenvalue weighted by molar-refractivity contribution is -0.141. The Kier molecular flexibility index (Phi) is 4.56. The van der Waals surface area contributed by atoms with Crippen LogP contribution in [0.3, 0.4) is 0 Å². The molecule has 1 heterocycles. The number of thioether (sulfide) groups is 1. The highest BCUT2D eigenvalue weighted by atomic mass is 32.2. The van der Waals surface area contributed by atoms with Crippen molar-refractivity contribution in [3.8, 4) is 0 Å². The summed E-state index contributed by atoms with van der Waals surface area (Å²) in [5.41, 5.74) is -0.742. The molecule has 0 atom stereocenters. The van der Waals surface area contributed by atoms with Crippen LogP contribution in [0.2, 0.25) is 0 Å². The standard InChI is InChI=1S/C13H12F3N3OS/c1-19-11(7-12(17-19)13(14,15)16)10(18-20)8-21-9-5-3-2-4-6-9/h2-7,20H,8H2,1H3/b18-10+. The Hall–Kier alpha value is -1.96. The van der Waals surface area contributed by atoms with Crippen LogP contribution in [0.15, 0.2) is 46.4 Å². The summed E-state index contributed by atoms with van der Waals surface area (Å²) in [6, 6.07) is 10.2. The lowest BCUT2D eigenvalue weighted by atomic mass is 10.2. The van der Waals surface area contributed by atoms with Gasteiger partial charge >= 0.3 is 6.18 Å². The molecule has 0 amide bonds. The quantitative estimate of drug-likeness (QED) is 0.407. The molecule has 1 aromatic heterocycles. The Bertz CT molecular complexity index is 638. The van der Waals surface area contributed by atoms with Crippen LogP contribution in [0, 0.1) is 0 Å². The largest absolute Gasteiger partial charge is 0.435 e. The van der Waals surface area contributed by atoms with E-state index in [9.17, 15) is 13.2 Å². The molecule has 0 saturated heterocycles. The number of halogens is 3. The third-order valence-electron chi connectivity index (χ3n) is 2.71. The molecule has 0 unspecified atom stereocenters. The van der Waals surface area contributed by atoms with Gasteiger partial charge in [-0.1, -0.05) is 23.4 Å². The van der Waals surface area contributed by atoms with Gasteiger partial charge in [0.05, 0.1) is 5.69 Å². The SMILES string of the molecule is Cn1nc(C(F)(F)F)cc1/C(CSc1ccccc1)=N/O. The summed E-state index contributed by atoms with van der Waals surface area (Å²) in [6.45, 7) is 0. The molecule has 0 aliphatic carbocycles. The molecule has 0 aliphatic heterocycles. The van der Waals surface area contributed by atoms with Gasteiger partial charge in [0.1, 0.15) is 5.71 Å². The average Bonchev–Trinajstić information content (AvgIpc) is 2.83. The summed E-state index contributed by atoms with van der Waals surface area (Å²) in [7, 11) is 1.38. The van der Waals surface area contributed by atoms with Crippen LogP contribution in [-0.4, -0.2) is 26.5 Å². The van der Waals surface area contributed by atoms with Crippen LogP contribution >= 0.6 is 11.8 Å². The van der Waals surface area contributed by atoms with Crippen molar-refractivity contribution in [1.29, 1.82) is 0 Å². The Morgan fingerprint density at radius 1 is 1.33 bits per heavy atom. The number of oxime groups is 1. The predicted molar refractivity (Wildman–Crippen MR) is 73.7 cm³/mol. The van der Waals surface area contributed by atoms with E-state index in [0.717, 1.165) is 15.6 Å². The minimum absolute atomic E-state index is 0.133. The minimum Gasteiger partial charge on any atom is -0.411 e. The maximum absolute atomic E-state index is 12.6. The van der Waals surface area contributed by atoms with Crippen LogP contribution in [-0.2, 0) is 13.2 Å². The van der Waals surface area contributed by atoms with E-state index in [1.807, 2.05) is 30.3 Å². The number of aryl methyl sites for hydroxylation is 1. The number of benzene rings is 1. The van der Waals surface area contributed by atoms with Gasteiger partial charge in [-0.15, -0.1) is 11.8 Å². The Labute approximate surface area is 123 Å². The van der Waals surface area contributed by atoms with Gasteiger partial charge in [-0.05, 0) is 18.2 Å². The zero-order valence-electron chi connectivity index (χ0n) is 11.0. The number of aromatic nitrogens is 2. The Balaban J connectivity index is 2.17. The first-order valence-electron chi connectivity index (χ1n) is 5.92. The molecule has 21 heavy (non-hydrogen) atoms. The van der Waals surface area contributed by atoms with E-state index in [1.165, 1.54) is 18.8 Å². The zero-order valence-corrected chi connectivity index (χ0v) is 11.8. The molecule has 0 saturated carbocycles. The lowest BCUT2D eigenvalue weighted by Crippen LogP contribution is -2.10. The predicted octanol–water partition coefficient (Wildman–Crippen LogP) is 3.41. The van der Waals surface area contributed by atoms with Gasteiger partial charge in [0.2, 0.25) is 0 Å². The monoisotopic (exact) mass is 315 g/mol.